The van der Waals surface area contributed by atoms with Crippen molar-refractivity contribution in [1.29, 1.82) is 0 Å². The van der Waals surface area contributed by atoms with Gasteiger partial charge in [0.1, 0.15) is 6.04 Å². The molecule has 0 aliphatic carbocycles. The van der Waals surface area contributed by atoms with Crippen molar-refractivity contribution in [3.05, 3.63) is 44.7 Å². The largest absolute Gasteiger partial charge is 0.373 e. The number of likely N-dealkylation sites (N-methyl/N-ethyl adjacent to an activating group) is 1. The molecule has 0 aliphatic rings. The average molecular weight is 304 g/mol. The second kappa shape index (κ2) is 5.84. The van der Waals surface area contributed by atoms with Crippen molar-refractivity contribution < 1.29 is 9.72 Å². The summed E-state index contributed by atoms with van der Waals surface area (Å²) in [6.07, 6.45) is 0. The number of aromatic nitrogens is 1. The lowest BCUT2D eigenvalue weighted by atomic mass is 10.1. The molecule has 1 unspecified atom stereocenters. The van der Waals surface area contributed by atoms with Crippen LogP contribution in [-0.2, 0) is 11.8 Å². The highest BCUT2D eigenvalue weighted by Crippen LogP contribution is 2.26. The van der Waals surface area contributed by atoms with Gasteiger partial charge in [-0.25, -0.2) is 0 Å². The molecule has 0 saturated heterocycles. The van der Waals surface area contributed by atoms with Gasteiger partial charge in [-0.2, -0.15) is 0 Å². The van der Waals surface area contributed by atoms with Crippen LogP contribution >= 0.6 is 0 Å². The van der Waals surface area contributed by atoms with Crippen molar-refractivity contribution in [2.45, 2.75) is 13.0 Å². The van der Waals surface area contributed by atoms with Crippen LogP contribution in [0.15, 0.2) is 29.1 Å². The minimum atomic E-state index is -0.584. The summed E-state index contributed by atoms with van der Waals surface area (Å²) in [6, 6.07) is 4.98. The van der Waals surface area contributed by atoms with Gasteiger partial charge in [0.15, 0.2) is 0 Å². The number of carbonyl (C=O) groups is 1. The lowest BCUT2D eigenvalue weighted by Crippen LogP contribution is -2.35. The molecule has 2 aromatic rings. The third-order valence-corrected chi connectivity index (χ3v) is 3.45. The summed E-state index contributed by atoms with van der Waals surface area (Å²) in [7, 11) is 3.09. The molecule has 22 heavy (non-hydrogen) atoms. The first-order valence-corrected chi connectivity index (χ1v) is 6.61. The van der Waals surface area contributed by atoms with Crippen LogP contribution in [0.3, 0.4) is 0 Å². The van der Waals surface area contributed by atoms with Crippen LogP contribution in [0.2, 0.25) is 0 Å². The summed E-state index contributed by atoms with van der Waals surface area (Å²) >= 11 is 0. The number of carbonyl (C=O) groups excluding carboxylic acids is 1. The highest BCUT2D eigenvalue weighted by Gasteiger charge is 2.16. The number of nitrogens with one attached hydrogen (secondary N) is 2. The van der Waals surface area contributed by atoms with Crippen LogP contribution < -0.4 is 16.2 Å². The Morgan fingerprint density at radius 1 is 1.36 bits per heavy atom. The molecule has 116 valence electrons. The number of hydrogen-bond donors (Lipinski definition) is 2. The fraction of sp³-hybridized carbons (Fsp3) is 0.286. The molecule has 0 saturated carbocycles. The maximum absolute atomic E-state index is 12.0. The Morgan fingerprint density at radius 2 is 2.05 bits per heavy atom. The van der Waals surface area contributed by atoms with Gasteiger partial charge in [-0.15, -0.1) is 0 Å². The SMILES string of the molecule is CNC(=O)C(C)Nc1cc(=O)n(C)c2ccc([N+](=O)[O-])cc12. The van der Waals surface area contributed by atoms with Gasteiger partial charge in [0.2, 0.25) is 5.91 Å². The predicted molar refractivity (Wildman–Crippen MR) is 83.0 cm³/mol. The number of nitro benzene ring substituents is 1. The Labute approximate surface area is 125 Å². The van der Waals surface area contributed by atoms with Crippen molar-refractivity contribution in [2.75, 3.05) is 12.4 Å². The van der Waals surface area contributed by atoms with E-state index in [1.54, 1.807) is 14.0 Å². The van der Waals surface area contributed by atoms with Crippen LogP contribution in [0.5, 0.6) is 0 Å². The molecule has 0 fully saturated rings. The Bertz CT molecular complexity index is 812. The summed E-state index contributed by atoms with van der Waals surface area (Å²) in [4.78, 5) is 34.0. The Balaban J connectivity index is 2.63. The quantitative estimate of drug-likeness (QED) is 0.647. The number of benzene rings is 1. The fourth-order valence-corrected chi connectivity index (χ4v) is 2.20. The summed E-state index contributed by atoms with van der Waals surface area (Å²) < 4.78 is 1.40. The van der Waals surface area contributed by atoms with E-state index in [9.17, 15) is 19.7 Å². The van der Waals surface area contributed by atoms with Crippen LogP contribution in [0.4, 0.5) is 11.4 Å². The van der Waals surface area contributed by atoms with Crippen molar-refractivity contribution in [3.8, 4) is 0 Å². The number of hydrogen-bond acceptors (Lipinski definition) is 5. The molecule has 2 N–H and O–H groups in total. The minimum absolute atomic E-state index is 0.0817. The zero-order valence-corrected chi connectivity index (χ0v) is 12.4. The molecule has 1 amide bonds. The summed E-state index contributed by atoms with van der Waals surface area (Å²) in [5.41, 5.74) is 0.581. The second-order valence-electron chi connectivity index (χ2n) is 4.89. The maximum atomic E-state index is 12.0. The highest BCUT2D eigenvalue weighted by atomic mass is 16.6. The van der Waals surface area contributed by atoms with Crippen molar-refractivity contribution in [3.63, 3.8) is 0 Å². The van der Waals surface area contributed by atoms with E-state index >= 15 is 0 Å². The minimum Gasteiger partial charge on any atom is -0.373 e. The first-order chi connectivity index (χ1) is 10.3. The van der Waals surface area contributed by atoms with Crippen LogP contribution in [0.25, 0.3) is 10.9 Å². The topological polar surface area (TPSA) is 106 Å². The van der Waals surface area contributed by atoms with Crippen LogP contribution in [0, 0.1) is 10.1 Å². The van der Waals surface area contributed by atoms with Gasteiger partial charge in [-0.05, 0) is 13.0 Å². The first-order valence-electron chi connectivity index (χ1n) is 6.61. The van der Waals surface area contributed by atoms with E-state index in [4.69, 9.17) is 0 Å². The number of anilines is 1. The van der Waals surface area contributed by atoms with E-state index in [1.165, 1.54) is 35.9 Å². The maximum Gasteiger partial charge on any atom is 0.270 e. The Kier molecular flexibility index (Phi) is 4.11. The van der Waals surface area contributed by atoms with Gasteiger partial charge < -0.3 is 15.2 Å². The number of pyridine rings is 1. The summed E-state index contributed by atoms with van der Waals surface area (Å²) in [5, 5.41) is 16.9. The molecule has 1 atom stereocenters. The zero-order chi connectivity index (χ0) is 16.4. The van der Waals surface area contributed by atoms with Gasteiger partial charge in [0, 0.05) is 43.4 Å². The highest BCUT2D eigenvalue weighted by molar-refractivity contribution is 5.95. The Morgan fingerprint density at radius 3 is 2.64 bits per heavy atom. The summed E-state index contributed by atoms with van der Waals surface area (Å²) in [6.45, 7) is 1.64. The monoisotopic (exact) mass is 304 g/mol. The van der Waals surface area contributed by atoms with E-state index < -0.39 is 11.0 Å². The number of nitrogens with zero attached hydrogens (tertiary/aromatic N) is 2. The predicted octanol–water partition coefficient (Wildman–Crippen LogP) is 0.993. The molecule has 1 heterocycles. The van der Waals surface area contributed by atoms with Gasteiger partial charge in [-0.1, -0.05) is 0 Å². The molecule has 8 heteroatoms. The van der Waals surface area contributed by atoms with E-state index in [0.29, 0.717) is 16.6 Å². The fourth-order valence-electron chi connectivity index (χ4n) is 2.20. The molecule has 0 radical (unpaired) electrons. The number of aryl methyl sites for hydroxylation is 1. The smallest absolute Gasteiger partial charge is 0.270 e. The molecule has 1 aromatic heterocycles. The van der Waals surface area contributed by atoms with Crippen molar-refractivity contribution in [2.24, 2.45) is 7.05 Å². The molecule has 0 bridgehead atoms. The molecule has 1 aromatic carbocycles. The van der Waals surface area contributed by atoms with Crippen molar-refractivity contribution >= 4 is 28.2 Å². The van der Waals surface area contributed by atoms with Crippen LogP contribution in [0.1, 0.15) is 6.92 Å². The van der Waals surface area contributed by atoms with E-state index in [0.717, 1.165) is 0 Å². The molecular formula is C14H16N4O4. The number of nitro groups is 1. The summed E-state index contributed by atoms with van der Waals surface area (Å²) in [5.74, 6) is -0.251. The van der Waals surface area contributed by atoms with E-state index in [1.807, 2.05) is 0 Å². The van der Waals surface area contributed by atoms with Gasteiger partial charge in [0.05, 0.1) is 10.4 Å². The molecule has 2 rings (SSSR count). The van der Waals surface area contributed by atoms with Gasteiger partial charge >= 0.3 is 0 Å². The molecule has 0 spiro atoms. The number of fused-ring (bicyclic) bond motifs is 1. The van der Waals surface area contributed by atoms with Crippen LogP contribution in [-0.4, -0.2) is 28.5 Å². The number of rotatable bonds is 4. The first kappa shape index (κ1) is 15.5. The zero-order valence-electron chi connectivity index (χ0n) is 12.4. The second-order valence-corrected chi connectivity index (χ2v) is 4.89. The third kappa shape index (κ3) is 2.76. The van der Waals surface area contributed by atoms with Crippen molar-refractivity contribution in [1.82, 2.24) is 9.88 Å². The molecule has 8 nitrogen and oxygen atoms in total. The third-order valence-electron chi connectivity index (χ3n) is 3.45. The van der Waals surface area contributed by atoms with Gasteiger partial charge in [0.25, 0.3) is 11.2 Å². The Hall–Kier alpha value is -2.90. The normalized spacial score (nSPS) is 12.0. The molecular weight excluding hydrogens is 288 g/mol. The lowest BCUT2D eigenvalue weighted by Gasteiger charge is -2.16. The standard InChI is InChI=1S/C14H16N4O4/c1-8(14(20)15-2)16-11-7-13(19)17(3)12-5-4-9(18(21)22)6-10(11)12/h4-8,16H,1-3H3,(H,15,20). The number of amides is 1. The van der Waals surface area contributed by atoms with E-state index in [2.05, 4.69) is 10.6 Å². The lowest BCUT2D eigenvalue weighted by molar-refractivity contribution is -0.384. The molecule has 0 aliphatic heterocycles. The average Bonchev–Trinajstić information content (AvgIpc) is 2.50. The number of non-ortho nitro benzene ring substituents is 1. The van der Waals surface area contributed by atoms with Gasteiger partial charge in [-0.3, -0.25) is 19.7 Å². The van der Waals surface area contributed by atoms with E-state index in [-0.39, 0.29) is 17.2 Å².